The fourth-order valence-corrected chi connectivity index (χ4v) is 4.26. The molecule has 0 radical (unpaired) electrons. The third kappa shape index (κ3) is 4.87. The summed E-state index contributed by atoms with van der Waals surface area (Å²) in [6, 6.07) is 13.5. The van der Waals surface area contributed by atoms with E-state index >= 15 is 0 Å². The zero-order valence-electron chi connectivity index (χ0n) is 18.6. The highest BCUT2D eigenvalue weighted by Gasteiger charge is 2.40. The number of carbonyl (C=O) groups is 2. The van der Waals surface area contributed by atoms with Crippen molar-refractivity contribution in [2.75, 3.05) is 26.3 Å². The number of halogens is 1. The summed E-state index contributed by atoms with van der Waals surface area (Å²) in [5, 5.41) is 0.662. The van der Waals surface area contributed by atoms with Crippen molar-refractivity contribution < 1.29 is 19.1 Å². The maximum absolute atomic E-state index is 13.3. The Hall–Kier alpha value is -2.70. The average Bonchev–Trinajstić information content (AvgIpc) is 2.75. The second kappa shape index (κ2) is 9.04. The molecule has 0 N–H and O–H groups in total. The quantitative estimate of drug-likeness (QED) is 0.639. The van der Waals surface area contributed by atoms with Crippen LogP contribution in [0.15, 0.2) is 47.5 Å². The van der Waals surface area contributed by atoms with Crippen molar-refractivity contribution in [3.8, 4) is 11.1 Å². The minimum absolute atomic E-state index is 0.00821. The van der Waals surface area contributed by atoms with Gasteiger partial charge in [-0.2, -0.15) is 0 Å². The summed E-state index contributed by atoms with van der Waals surface area (Å²) in [6.07, 6.45) is -0.213. The second-order valence-corrected chi connectivity index (χ2v) is 9.32. The molecule has 168 valence electrons. The Balaban J connectivity index is 1.70. The predicted octanol–water partition coefficient (Wildman–Crippen LogP) is 5.02. The Labute approximate surface area is 193 Å². The van der Waals surface area contributed by atoms with Gasteiger partial charge in [0.15, 0.2) is 5.78 Å². The number of ketones is 1. The number of morpholine rings is 1. The first-order valence-corrected chi connectivity index (χ1v) is 11.1. The minimum atomic E-state index is -0.722. The molecule has 0 aliphatic carbocycles. The molecular formula is C25H27ClN2O4. The number of hydrogen-bond acceptors (Lipinski definition) is 5. The minimum Gasteiger partial charge on any atom is -0.394 e. The number of aryl methyl sites for hydroxylation is 1. The van der Waals surface area contributed by atoms with Crippen LogP contribution >= 0.6 is 11.6 Å². The van der Waals surface area contributed by atoms with Crippen LogP contribution in [0.4, 0.5) is 4.79 Å². The van der Waals surface area contributed by atoms with Crippen LogP contribution in [-0.4, -0.2) is 54.5 Å². The van der Waals surface area contributed by atoms with Crippen LogP contribution < -0.4 is 0 Å². The molecule has 1 saturated heterocycles. The van der Waals surface area contributed by atoms with Crippen molar-refractivity contribution in [2.24, 2.45) is 4.99 Å². The van der Waals surface area contributed by atoms with E-state index in [4.69, 9.17) is 21.1 Å². The largest absolute Gasteiger partial charge is 0.416 e. The van der Waals surface area contributed by atoms with E-state index < -0.39 is 17.6 Å². The van der Waals surface area contributed by atoms with E-state index in [2.05, 4.69) is 4.99 Å². The Kier molecular flexibility index (Phi) is 6.35. The molecule has 1 atom stereocenters. The third-order valence-corrected chi connectivity index (χ3v) is 6.07. The highest BCUT2D eigenvalue weighted by Crippen LogP contribution is 2.35. The monoisotopic (exact) mass is 454 g/mol. The zero-order chi connectivity index (χ0) is 22.9. The molecule has 7 heteroatoms. The fourth-order valence-electron chi connectivity index (χ4n) is 4.13. The van der Waals surface area contributed by atoms with Crippen molar-refractivity contribution in [2.45, 2.75) is 38.6 Å². The molecule has 2 aromatic rings. The van der Waals surface area contributed by atoms with E-state index in [0.29, 0.717) is 31.3 Å². The Morgan fingerprint density at radius 2 is 1.78 bits per heavy atom. The molecular weight excluding hydrogens is 428 g/mol. The van der Waals surface area contributed by atoms with Crippen molar-refractivity contribution >= 4 is 29.4 Å². The van der Waals surface area contributed by atoms with Gasteiger partial charge in [-0.1, -0.05) is 35.9 Å². The van der Waals surface area contributed by atoms with Crippen LogP contribution in [0, 0.1) is 6.92 Å². The van der Waals surface area contributed by atoms with Gasteiger partial charge in [-0.25, -0.2) is 9.79 Å². The van der Waals surface area contributed by atoms with Gasteiger partial charge in [0.1, 0.15) is 5.92 Å². The number of amides is 1. The number of aliphatic imine (C=N–C) groups is 1. The van der Waals surface area contributed by atoms with Gasteiger partial charge >= 0.3 is 6.09 Å². The first kappa shape index (κ1) is 22.5. The molecule has 2 aliphatic heterocycles. The van der Waals surface area contributed by atoms with Crippen molar-refractivity contribution in [1.29, 1.82) is 0 Å². The van der Waals surface area contributed by atoms with Crippen molar-refractivity contribution in [3.05, 3.63) is 58.6 Å². The number of benzene rings is 2. The summed E-state index contributed by atoms with van der Waals surface area (Å²) in [6.45, 7) is 7.56. The summed E-state index contributed by atoms with van der Waals surface area (Å²) in [5.41, 5.74) is 3.06. The van der Waals surface area contributed by atoms with E-state index in [1.165, 1.54) is 0 Å². The van der Waals surface area contributed by atoms with Gasteiger partial charge in [0.25, 0.3) is 0 Å². The lowest BCUT2D eigenvalue weighted by molar-refractivity contribution is -0.120. The predicted molar refractivity (Wildman–Crippen MR) is 124 cm³/mol. The highest BCUT2D eigenvalue weighted by atomic mass is 35.5. The molecule has 4 rings (SSSR count). The Bertz CT molecular complexity index is 1060. The van der Waals surface area contributed by atoms with Gasteiger partial charge in [0.05, 0.1) is 18.8 Å². The topological polar surface area (TPSA) is 68.2 Å². The summed E-state index contributed by atoms with van der Waals surface area (Å²) >= 11 is 6.03. The number of Topliss-reactive ketones (excluding diaryl/α,β-unsaturated/α-hetero) is 1. The van der Waals surface area contributed by atoms with Gasteiger partial charge in [0, 0.05) is 24.5 Å². The van der Waals surface area contributed by atoms with E-state index in [0.717, 1.165) is 22.3 Å². The number of nitrogens with zero attached hydrogens (tertiary/aromatic N) is 2. The summed E-state index contributed by atoms with van der Waals surface area (Å²) in [4.78, 5) is 32.4. The zero-order valence-corrected chi connectivity index (χ0v) is 19.3. The normalized spacial score (nSPS) is 20.6. The maximum atomic E-state index is 13.3. The first-order valence-electron chi connectivity index (χ1n) is 10.8. The molecule has 0 bridgehead atoms. The van der Waals surface area contributed by atoms with Gasteiger partial charge in [0.2, 0.25) is 5.90 Å². The van der Waals surface area contributed by atoms with Crippen LogP contribution in [0.3, 0.4) is 0 Å². The molecule has 2 aliphatic rings. The number of ether oxygens (including phenoxy) is 2. The van der Waals surface area contributed by atoms with Crippen molar-refractivity contribution in [1.82, 2.24) is 4.90 Å². The fraction of sp³-hybridized carbons (Fsp3) is 0.400. The van der Waals surface area contributed by atoms with E-state index in [1.807, 2.05) is 63.2 Å². The highest BCUT2D eigenvalue weighted by molar-refractivity contribution is 6.30. The third-order valence-electron chi connectivity index (χ3n) is 5.82. The lowest BCUT2D eigenvalue weighted by atomic mass is 9.81. The number of rotatable bonds is 2. The van der Waals surface area contributed by atoms with Crippen LogP contribution in [-0.2, 0) is 14.3 Å². The molecule has 6 nitrogen and oxygen atoms in total. The van der Waals surface area contributed by atoms with E-state index in [1.54, 1.807) is 4.90 Å². The number of hydrogen-bond donors (Lipinski definition) is 0. The second-order valence-electron chi connectivity index (χ2n) is 8.88. The average molecular weight is 455 g/mol. The van der Waals surface area contributed by atoms with E-state index in [-0.39, 0.29) is 18.1 Å². The molecule has 32 heavy (non-hydrogen) atoms. The van der Waals surface area contributed by atoms with Gasteiger partial charge in [-0.3, -0.25) is 4.79 Å². The molecule has 1 unspecified atom stereocenters. The summed E-state index contributed by atoms with van der Waals surface area (Å²) in [7, 11) is 0. The lowest BCUT2D eigenvalue weighted by Crippen LogP contribution is -2.44. The molecule has 0 spiro atoms. The molecule has 2 heterocycles. The van der Waals surface area contributed by atoms with Crippen LogP contribution in [0.25, 0.3) is 11.1 Å². The van der Waals surface area contributed by atoms with E-state index in [9.17, 15) is 9.59 Å². The molecule has 1 amide bonds. The summed E-state index contributed by atoms with van der Waals surface area (Å²) < 4.78 is 11.1. The molecule has 2 aromatic carbocycles. The SMILES string of the molecule is Cc1ccc(-c2ccc(Cl)cc2)cc1C1C(=O)CC(C)(C)N=C1OC(=O)N1CCOCC1. The van der Waals surface area contributed by atoms with Crippen LogP contribution in [0.5, 0.6) is 0 Å². The van der Waals surface area contributed by atoms with Gasteiger partial charge in [-0.15, -0.1) is 0 Å². The van der Waals surface area contributed by atoms with Crippen LogP contribution in [0.1, 0.15) is 37.3 Å². The molecule has 0 saturated carbocycles. The van der Waals surface area contributed by atoms with Gasteiger partial charge in [-0.05, 0) is 61.2 Å². The Morgan fingerprint density at radius 3 is 2.47 bits per heavy atom. The maximum Gasteiger partial charge on any atom is 0.416 e. The molecule has 1 fully saturated rings. The van der Waals surface area contributed by atoms with Crippen molar-refractivity contribution in [3.63, 3.8) is 0 Å². The Morgan fingerprint density at radius 1 is 1.12 bits per heavy atom. The first-order chi connectivity index (χ1) is 15.2. The summed E-state index contributed by atoms with van der Waals surface area (Å²) in [5.74, 6) is -0.564. The van der Waals surface area contributed by atoms with Gasteiger partial charge < -0.3 is 14.4 Å². The van der Waals surface area contributed by atoms with Crippen LogP contribution in [0.2, 0.25) is 5.02 Å². The lowest BCUT2D eigenvalue weighted by Gasteiger charge is -2.33. The standard InChI is InChI=1S/C25H27ClN2O4/c1-16-4-5-18(17-6-8-19(26)9-7-17)14-20(16)22-21(29)15-25(2,3)27-23(22)32-24(30)28-10-12-31-13-11-28/h4-9,14,22H,10-13,15H2,1-3H3. The molecule has 0 aromatic heterocycles. The smallest absolute Gasteiger partial charge is 0.394 e. The number of carbonyl (C=O) groups excluding carboxylic acids is 2.